The monoisotopic (exact) mass is 273 g/mol. The van der Waals surface area contributed by atoms with Gasteiger partial charge in [0.05, 0.1) is 6.61 Å². The summed E-state index contributed by atoms with van der Waals surface area (Å²) >= 11 is 0. The van der Waals surface area contributed by atoms with Crippen molar-refractivity contribution >= 4 is 12.0 Å². The number of carboxylic acids is 1. The van der Waals surface area contributed by atoms with Crippen LogP contribution < -0.4 is 10.6 Å². The van der Waals surface area contributed by atoms with Crippen molar-refractivity contribution in [2.75, 3.05) is 39.9 Å². The van der Waals surface area contributed by atoms with Crippen molar-refractivity contribution in [3.05, 3.63) is 0 Å². The Morgan fingerprint density at radius 2 is 2.05 bits per heavy atom. The van der Waals surface area contributed by atoms with Crippen molar-refractivity contribution in [2.45, 2.75) is 25.3 Å². The van der Waals surface area contributed by atoms with Gasteiger partial charge in [0, 0.05) is 13.7 Å². The van der Waals surface area contributed by atoms with E-state index in [1.54, 1.807) is 0 Å². The Kier molecular flexibility index (Phi) is 7.20. The van der Waals surface area contributed by atoms with E-state index in [9.17, 15) is 9.59 Å². The highest BCUT2D eigenvalue weighted by atomic mass is 16.5. The molecule has 1 atom stereocenters. The standard InChI is InChI=1S/C12H23N3O4/c1-19-9-10(11(16)17)14-12(18)13-5-4-8-15-6-2-3-7-15/h10H,2-9H2,1H3,(H,16,17)(H2,13,14,18). The predicted octanol–water partition coefficient (Wildman–Crippen LogP) is -0.129. The van der Waals surface area contributed by atoms with Crippen molar-refractivity contribution in [1.82, 2.24) is 15.5 Å². The van der Waals surface area contributed by atoms with Gasteiger partial charge >= 0.3 is 12.0 Å². The number of likely N-dealkylation sites (tertiary alicyclic amines) is 1. The van der Waals surface area contributed by atoms with Gasteiger partial charge in [0.1, 0.15) is 0 Å². The van der Waals surface area contributed by atoms with Crippen LogP contribution in [0.15, 0.2) is 0 Å². The predicted molar refractivity (Wildman–Crippen MR) is 70.1 cm³/mol. The second kappa shape index (κ2) is 8.71. The van der Waals surface area contributed by atoms with Gasteiger partial charge in [-0.05, 0) is 38.9 Å². The minimum atomic E-state index is -1.10. The Balaban J connectivity index is 2.10. The Hall–Kier alpha value is -1.34. The number of carbonyl (C=O) groups excluding carboxylic acids is 1. The van der Waals surface area contributed by atoms with Gasteiger partial charge < -0.3 is 25.4 Å². The molecule has 1 aliphatic rings. The van der Waals surface area contributed by atoms with E-state index in [2.05, 4.69) is 15.5 Å². The highest BCUT2D eigenvalue weighted by molar-refractivity contribution is 5.82. The highest BCUT2D eigenvalue weighted by Crippen LogP contribution is 2.06. The van der Waals surface area contributed by atoms with Gasteiger partial charge in [-0.1, -0.05) is 0 Å². The zero-order valence-corrected chi connectivity index (χ0v) is 11.4. The Bertz CT molecular complexity index is 293. The van der Waals surface area contributed by atoms with Crippen molar-refractivity contribution in [2.24, 2.45) is 0 Å². The van der Waals surface area contributed by atoms with Crippen LogP contribution in [0.25, 0.3) is 0 Å². The molecule has 7 nitrogen and oxygen atoms in total. The number of carbonyl (C=O) groups is 2. The Labute approximate surface area is 113 Å². The fourth-order valence-electron chi connectivity index (χ4n) is 2.06. The number of ether oxygens (including phenoxy) is 1. The van der Waals surface area contributed by atoms with Crippen molar-refractivity contribution < 1.29 is 19.4 Å². The van der Waals surface area contributed by atoms with Crippen LogP contribution in [0, 0.1) is 0 Å². The number of nitrogens with one attached hydrogen (secondary N) is 2. The van der Waals surface area contributed by atoms with Crippen LogP contribution in [0.3, 0.4) is 0 Å². The lowest BCUT2D eigenvalue weighted by Crippen LogP contribution is -2.48. The second-order valence-electron chi connectivity index (χ2n) is 4.65. The van der Waals surface area contributed by atoms with Crippen LogP contribution >= 0.6 is 0 Å². The molecule has 110 valence electrons. The minimum Gasteiger partial charge on any atom is -0.480 e. The van der Waals surface area contributed by atoms with E-state index in [1.807, 2.05) is 0 Å². The van der Waals surface area contributed by atoms with E-state index < -0.39 is 18.0 Å². The number of nitrogens with zero attached hydrogens (tertiary/aromatic N) is 1. The van der Waals surface area contributed by atoms with E-state index >= 15 is 0 Å². The first-order valence-electron chi connectivity index (χ1n) is 6.62. The molecule has 0 radical (unpaired) electrons. The van der Waals surface area contributed by atoms with Gasteiger partial charge in [-0.3, -0.25) is 0 Å². The maximum absolute atomic E-state index is 11.5. The molecule has 3 N–H and O–H groups in total. The minimum absolute atomic E-state index is 0.0451. The van der Waals surface area contributed by atoms with E-state index in [4.69, 9.17) is 9.84 Å². The molecule has 0 saturated carbocycles. The summed E-state index contributed by atoms with van der Waals surface area (Å²) in [6.07, 6.45) is 3.38. The lowest BCUT2D eigenvalue weighted by molar-refractivity contribution is -0.140. The summed E-state index contributed by atoms with van der Waals surface area (Å²) in [7, 11) is 1.39. The zero-order valence-electron chi connectivity index (χ0n) is 11.4. The molecule has 1 heterocycles. The molecular weight excluding hydrogens is 250 g/mol. The summed E-state index contributed by atoms with van der Waals surface area (Å²) in [5, 5.41) is 13.9. The molecule has 1 unspecified atom stereocenters. The third-order valence-corrected chi connectivity index (χ3v) is 3.07. The number of hydrogen-bond acceptors (Lipinski definition) is 4. The molecule has 1 saturated heterocycles. The first kappa shape index (κ1) is 15.7. The lowest BCUT2D eigenvalue weighted by Gasteiger charge is -2.16. The van der Waals surface area contributed by atoms with Gasteiger partial charge in [0.15, 0.2) is 6.04 Å². The van der Waals surface area contributed by atoms with E-state index in [1.165, 1.54) is 20.0 Å². The number of hydrogen-bond donors (Lipinski definition) is 3. The molecular formula is C12H23N3O4. The molecule has 0 spiro atoms. The first-order chi connectivity index (χ1) is 9.13. The quantitative estimate of drug-likeness (QED) is 0.536. The normalized spacial score (nSPS) is 17.1. The Morgan fingerprint density at radius 3 is 2.63 bits per heavy atom. The van der Waals surface area contributed by atoms with E-state index in [0.29, 0.717) is 6.54 Å². The molecule has 2 amide bonds. The number of rotatable bonds is 8. The number of aliphatic carboxylic acids is 1. The fourth-order valence-corrected chi connectivity index (χ4v) is 2.06. The molecule has 0 bridgehead atoms. The maximum Gasteiger partial charge on any atom is 0.328 e. The molecule has 19 heavy (non-hydrogen) atoms. The van der Waals surface area contributed by atoms with Crippen LogP contribution in [0.1, 0.15) is 19.3 Å². The molecule has 1 aliphatic heterocycles. The molecule has 0 aromatic heterocycles. The largest absolute Gasteiger partial charge is 0.480 e. The first-order valence-corrected chi connectivity index (χ1v) is 6.62. The summed E-state index contributed by atoms with van der Waals surface area (Å²) in [4.78, 5) is 24.6. The topological polar surface area (TPSA) is 90.9 Å². The second-order valence-corrected chi connectivity index (χ2v) is 4.65. The summed E-state index contributed by atoms with van der Waals surface area (Å²) in [6, 6.07) is -1.48. The van der Waals surface area contributed by atoms with Crippen molar-refractivity contribution in [3.8, 4) is 0 Å². The summed E-state index contributed by atoms with van der Waals surface area (Å²) < 4.78 is 4.73. The molecule has 1 rings (SSSR count). The van der Waals surface area contributed by atoms with Gasteiger partial charge in [-0.25, -0.2) is 9.59 Å². The molecule has 1 fully saturated rings. The average molecular weight is 273 g/mol. The van der Waals surface area contributed by atoms with E-state index in [-0.39, 0.29) is 6.61 Å². The van der Waals surface area contributed by atoms with Crippen LogP contribution in [-0.4, -0.2) is 67.9 Å². The number of amides is 2. The average Bonchev–Trinajstić information content (AvgIpc) is 2.87. The maximum atomic E-state index is 11.5. The lowest BCUT2D eigenvalue weighted by atomic mass is 10.3. The molecule has 0 aromatic rings. The zero-order chi connectivity index (χ0) is 14.1. The van der Waals surface area contributed by atoms with Crippen molar-refractivity contribution in [1.29, 1.82) is 0 Å². The number of methoxy groups -OCH3 is 1. The molecule has 0 aliphatic carbocycles. The van der Waals surface area contributed by atoms with Gasteiger partial charge in [-0.15, -0.1) is 0 Å². The number of carboxylic acid groups (broad SMARTS) is 1. The Morgan fingerprint density at radius 1 is 1.37 bits per heavy atom. The third kappa shape index (κ3) is 6.40. The van der Waals surface area contributed by atoms with Gasteiger partial charge in [0.25, 0.3) is 0 Å². The smallest absolute Gasteiger partial charge is 0.328 e. The summed E-state index contributed by atoms with van der Waals surface area (Å²) in [6.45, 7) is 3.75. The fraction of sp³-hybridized carbons (Fsp3) is 0.833. The summed E-state index contributed by atoms with van der Waals surface area (Å²) in [5.74, 6) is -1.10. The SMILES string of the molecule is COCC(NC(=O)NCCCN1CCCC1)C(=O)O. The molecule has 7 heteroatoms. The van der Waals surface area contributed by atoms with E-state index in [0.717, 1.165) is 26.1 Å². The van der Waals surface area contributed by atoms with Crippen molar-refractivity contribution in [3.63, 3.8) is 0 Å². The number of urea groups is 1. The summed E-state index contributed by atoms with van der Waals surface area (Å²) in [5.41, 5.74) is 0. The van der Waals surface area contributed by atoms with Crippen LogP contribution in [0.4, 0.5) is 4.79 Å². The van der Waals surface area contributed by atoms with Crippen LogP contribution in [0.5, 0.6) is 0 Å². The van der Waals surface area contributed by atoms with Gasteiger partial charge in [-0.2, -0.15) is 0 Å². The third-order valence-electron chi connectivity index (χ3n) is 3.07. The highest BCUT2D eigenvalue weighted by Gasteiger charge is 2.19. The molecule has 0 aromatic carbocycles. The van der Waals surface area contributed by atoms with Crippen LogP contribution in [0.2, 0.25) is 0 Å². The van der Waals surface area contributed by atoms with Gasteiger partial charge in [0.2, 0.25) is 0 Å². The van der Waals surface area contributed by atoms with Crippen LogP contribution in [-0.2, 0) is 9.53 Å².